The van der Waals surface area contributed by atoms with Crippen LogP contribution in [0.25, 0.3) is 0 Å². The Morgan fingerprint density at radius 1 is 1.42 bits per heavy atom. The maximum Gasteiger partial charge on any atom is 0.0681 e. The van der Waals surface area contributed by atoms with Crippen LogP contribution in [0.15, 0.2) is 0 Å². The molecule has 2 fully saturated rings. The van der Waals surface area contributed by atoms with Crippen LogP contribution in [-0.2, 0) is 0 Å². The molecule has 0 radical (unpaired) electrons. The van der Waals surface area contributed by atoms with Crippen molar-refractivity contribution in [1.82, 2.24) is 0 Å². The van der Waals surface area contributed by atoms with Crippen molar-refractivity contribution in [2.75, 3.05) is 0 Å². The van der Waals surface area contributed by atoms with Gasteiger partial charge in [-0.2, -0.15) is 0 Å². The molecule has 2 aliphatic rings. The predicted molar refractivity (Wildman–Crippen MR) is 49.9 cm³/mol. The largest absolute Gasteiger partial charge is 0.390 e. The van der Waals surface area contributed by atoms with Crippen LogP contribution in [0.1, 0.15) is 51.0 Å². The molecule has 0 aromatic carbocycles. The molecule has 0 aromatic rings. The van der Waals surface area contributed by atoms with E-state index in [1.165, 1.54) is 0 Å². The number of hydrogen-bond donors (Lipinski definition) is 1. The monoisotopic (exact) mass is 171 g/mol. The summed E-state index contributed by atoms with van der Waals surface area (Å²) in [7, 11) is 0. The molecule has 0 saturated heterocycles. The molecular formula is C11H20O. The Balaban J connectivity index is 2.50. The molecule has 0 aliphatic heterocycles. The molecule has 1 nitrogen and oxygen atoms in total. The average Bonchev–Trinajstić information content (AvgIpc) is 2.34. The molecule has 3 atom stereocenters. The van der Waals surface area contributed by atoms with Crippen LogP contribution in [0.5, 0.6) is 0 Å². The Hall–Kier alpha value is -0.0400. The van der Waals surface area contributed by atoms with Gasteiger partial charge in [0.25, 0.3) is 0 Å². The maximum absolute atomic E-state index is 10.6. The summed E-state index contributed by atoms with van der Waals surface area (Å²) >= 11 is 0. The van der Waals surface area contributed by atoms with Crippen molar-refractivity contribution < 1.29 is 9.22 Å². The molecule has 0 aromatic heterocycles. The topological polar surface area (TPSA) is 20.2 Å². The van der Waals surface area contributed by atoms with Gasteiger partial charge in [-0.1, -0.05) is 20.8 Å². The zero-order valence-electron chi connectivity index (χ0n) is 11.1. The van der Waals surface area contributed by atoms with Crippen molar-refractivity contribution in [3.8, 4) is 0 Å². The first-order valence-corrected chi connectivity index (χ1v) is 4.79. The van der Waals surface area contributed by atoms with Gasteiger partial charge in [0.2, 0.25) is 0 Å². The average molecular weight is 171 g/mol. The Morgan fingerprint density at radius 3 is 2.33 bits per heavy atom. The summed E-state index contributed by atoms with van der Waals surface area (Å²) in [5.41, 5.74) is -2.00. The van der Waals surface area contributed by atoms with Crippen molar-refractivity contribution in [1.29, 1.82) is 0 Å². The molecule has 0 unspecified atom stereocenters. The molecule has 2 saturated carbocycles. The van der Waals surface area contributed by atoms with Gasteiger partial charge in [0.1, 0.15) is 0 Å². The summed E-state index contributed by atoms with van der Waals surface area (Å²) < 4.78 is 22.7. The van der Waals surface area contributed by atoms with Crippen LogP contribution in [0.4, 0.5) is 0 Å². The number of fused-ring (bicyclic) bond motifs is 2. The van der Waals surface area contributed by atoms with Gasteiger partial charge in [0.05, 0.1) is 5.60 Å². The van der Waals surface area contributed by atoms with Crippen LogP contribution in [0, 0.1) is 16.7 Å². The molecule has 2 aliphatic carbocycles. The molecule has 2 bridgehead atoms. The summed E-state index contributed by atoms with van der Waals surface area (Å²) in [6.07, 6.45) is 2.33. The Labute approximate surface area is 79.4 Å². The summed E-state index contributed by atoms with van der Waals surface area (Å²) in [4.78, 5) is 0. The molecule has 1 heteroatoms. The minimum atomic E-state index is -2.26. The van der Waals surface area contributed by atoms with Gasteiger partial charge in [-0.3, -0.25) is 0 Å². The number of hydrogen-bond acceptors (Lipinski definition) is 1. The fourth-order valence-corrected chi connectivity index (χ4v) is 3.28. The minimum Gasteiger partial charge on any atom is -0.390 e. The highest BCUT2D eigenvalue weighted by molar-refractivity contribution is 5.16. The summed E-state index contributed by atoms with van der Waals surface area (Å²) in [6, 6.07) is 0. The van der Waals surface area contributed by atoms with E-state index in [0.717, 1.165) is 12.8 Å². The smallest absolute Gasteiger partial charge is 0.0681 e. The molecule has 2 rings (SSSR count). The van der Waals surface area contributed by atoms with Gasteiger partial charge >= 0.3 is 0 Å². The molecule has 70 valence electrons. The van der Waals surface area contributed by atoms with Crippen LogP contribution in [-0.4, -0.2) is 10.7 Å². The minimum absolute atomic E-state index is 0.0594. The Bertz CT molecular complexity index is 295. The zero-order chi connectivity index (χ0) is 11.7. The lowest BCUT2D eigenvalue weighted by atomic mass is 9.65. The Kier molecular flexibility index (Phi) is 0.890. The van der Waals surface area contributed by atoms with Gasteiger partial charge < -0.3 is 5.11 Å². The van der Waals surface area contributed by atoms with Gasteiger partial charge in [-0.15, -0.1) is 0 Å². The lowest BCUT2D eigenvalue weighted by Crippen LogP contribution is -2.44. The van der Waals surface area contributed by atoms with E-state index in [4.69, 9.17) is 4.11 Å². The second kappa shape index (κ2) is 1.89. The highest BCUT2D eigenvalue weighted by atomic mass is 16.3. The van der Waals surface area contributed by atoms with E-state index in [9.17, 15) is 5.11 Å². The quantitative estimate of drug-likeness (QED) is 0.594. The van der Waals surface area contributed by atoms with Crippen molar-refractivity contribution >= 4 is 0 Å². The van der Waals surface area contributed by atoms with Gasteiger partial charge in [-0.25, -0.2) is 0 Å². The summed E-state index contributed by atoms with van der Waals surface area (Å²) in [5, 5.41) is 10.6. The van der Waals surface area contributed by atoms with Crippen molar-refractivity contribution in [3.63, 3.8) is 0 Å². The molecule has 0 amide bonds. The first kappa shape index (κ1) is 5.64. The fraction of sp³-hybridized carbons (Fsp3) is 1.00. The van der Waals surface area contributed by atoms with Gasteiger partial charge in [0.15, 0.2) is 0 Å². The maximum atomic E-state index is 10.6. The van der Waals surface area contributed by atoms with Crippen LogP contribution >= 0.6 is 0 Å². The summed E-state index contributed by atoms with van der Waals surface area (Å²) in [5.74, 6) is 0.355. The number of aliphatic hydroxyl groups is 1. The standard InChI is InChI=1S/C11H20O/c1-9(2)8-5-6-10(9,3)11(4,12)7-8/h8,12H,5-7H2,1-4H3/t8-,10+,11-/m1/s1/i4D3. The van der Waals surface area contributed by atoms with Crippen LogP contribution < -0.4 is 0 Å². The number of rotatable bonds is 0. The lowest BCUT2D eigenvalue weighted by Gasteiger charge is -2.43. The third-order valence-corrected chi connectivity index (χ3v) is 4.89. The van der Waals surface area contributed by atoms with E-state index in [1.54, 1.807) is 0 Å². The van der Waals surface area contributed by atoms with E-state index in [2.05, 4.69) is 13.8 Å². The van der Waals surface area contributed by atoms with E-state index in [1.807, 2.05) is 6.92 Å². The van der Waals surface area contributed by atoms with E-state index in [0.29, 0.717) is 12.3 Å². The van der Waals surface area contributed by atoms with Crippen molar-refractivity contribution in [3.05, 3.63) is 0 Å². The normalized spacial score (nSPS) is 61.0. The summed E-state index contributed by atoms with van der Waals surface area (Å²) in [6.45, 7) is 3.91. The molecule has 0 spiro atoms. The second-order valence-electron chi connectivity index (χ2n) is 5.35. The fourth-order valence-electron chi connectivity index (χ4n) is 3.28. The first-order valence-electron chi connectivity index (χ1n) is 6.29. The molecule has 1 N–H and O–H groups in total. The third-order valence-electron chi connectivity index (χ3n) is 4.89. The van der Waals surface area contributed by atoms with Gasteiger partial charge in [-0.05, 0) is 37.4 Å². The molecule has 12 heavy (non-hydrogen) atoms. The zero-order valence-corrected chi connectivity index (χ0v) is 8.15. The lowest BCUT2D eigenvalue weighted by molar-refractivity contribution is -0.0745. The molecular weight excluding hydrogens is 148 g/mol. The predicted octanol–water partition coefficient (Wildman–Crippen LogP) is 2.58. The van der Waals surface area contributed by atoms with E-state index >= 15 is 0 Å². The van der Waals surface area contributed by atoms with Crippen molar-refractivity contribution in [2.45, 2.75) is 52.5 Å². The van der Waals surface area contributed by atoms with Gasteiger partial charge in [0, 0.05) is 9.53 Å². The third kappa shape index (κ3) is 0.654. The Morgan fingerprint density at radius 2 is 2.08 bits per heavy atom. The van der Waals surface area contributed by atoms with Crippen LogP contribution in [0.3, 0.4) is 0 Å². The molecule has 0 heterocycles. The first-order chi connectivity index (χ1) is 6.56. The van der Waals surface area contributed by atoms with E-state index < -0.39 is 17.9 Å². The second-order valence-corrected chi connectivity index (χ2v) is 5.35. The van der Waals surface area contributed by atoms with Crippen molar-refractivity contribution in [2.24, 2.45) is 16.7 Å². The highest BCUT2D eigenvalue weighted by Gasteiger charge is 2.66. The SMILES string of the molecule is [2H]C([2H])([2H])[C@@]1(O)C[C@H]2CC[C@@]1(C)C2(C)C. The highest BCUT2D eigenvalue weighted by Crippen LogP contribution is 2.69. The van der Waals surface area contributed by atoms with Crippen LogP contribution in [0.2, 0.25) is 0 Å². The van der Waals surface area contributed by atoms with E-state index in [-0.39, 0.29) is 5.41 Å².